The van der Waals surface area contributed by atoms with Crippen molar-refractivity contribution in [2.24, 2.45) is 5.73 Å². The van der Waals surface area contributed by atoms with Crippen LogP contribution in [0.3, 0.4) is 0 Å². The van der Waals surface area contributed by atoms with E-state index in [1.807, 2.05) is 49.4 Å². The maximum atomic E-state index is 12.3. The van der Waals surface area contributed by atoms with Crippen molar-refractivity contribution < 1.29 is 9.53 Å². The SMILES string of the molecule is COC(c1ccc(Cl)cc1)C(C)NC(=O)C(N)c1ccccc1. The van der Waals surface area contributed by atoms with E-state index in [0.29, 0.717) is 5.02 Å². The summed E-state index contributed by atoms with van der Waals surface area (Å²) in [6.07, 6.45) is -0.279. The predicted octanol–water partition coefficient (Wildman–Crippen LogP) is 3.23. The molecule has 0 aromatic heterocycles. The number of halogens is 1. The molecule has 2 aromatic carbocycles. The van der Waals surface area contributed by atoms with E-state index in [4.69, 9.17) is 22.1 Å². The quantitative estimate of drug-likeness (QED) is 0.853. The fourth-order valence-electron chi connectivity index (χ4n) is 2.48. The van der Waals surface area contributed by atoms with Crippen LogP contribution >= 0.6 is 11.6 Å². The first-order chi connectivity index (χ1) is 11.0. The average Bonchev–Trinajstić information content (AvgIpc) is 2.57. The van der Waals surface area contributed by atoms with Crippen LogP contribution in [0, 0.1) is 0 Å². The van der Waals surface area contributed by atoms with Crippen LogP contribution in [0.4, 0.5) is 0 Å². The molecule has 1 amide bonds. The lowest BCUT2D eigenvalue weighted by molar-refractivity contribution is -0.124. The molecule has 5 heteroatoms. The molecule has 0 saturated heterocycles. The highest BCUT2D eigenvalue weighted by molar-refractivity contribution is 6.30. The summed E-state index contributed by atoms with van der Waals surface area (Å²) in [5, 5.41) is 3.58. The third-order valence-corrected chi connectivity index (χ3v) is 3.97. The maximum Gasteiger partial charge on any atom is 0.241 e. The average molecular weight is 333 g/mol. The highest BCUT2D eigenvalue weighted by atomic mass is 35.5. The molecule has 3 N–H and O–H groups in total. The Bertz CT molecular complexity index is 631. The third-order valence-electron chi connectivity index (χ3n) is 3.72. The monoisotopic (exact) mass is 332 g/mol. The minimum absolute atomic E-state index is 0.233. The van der Waals surface area contributed by atoms with Gasteiger partial charge in [0.05, 0.1) is 6.04 Å². The minimum atomic E-state index is -0.707. The molecule has 2 aromatic rings. The molecule has 122 valence electrons. The van der Waals surface area contributed by atoms with Crippen LogP contribution in [0.1, 0.15) is 30.2 Å². The van der Waals surface area contributed by atoms with E-state index in [2.05, 4.69) is 5.32 Å². The summed E-state index contributed by atoms with van der Waals surface area (Å²) < 4.78 is 5.53. The smallest absolute Gasteiger partial charge is 0.241 e. The first-order valence-electron chi connectivity index (χ1n) is 7.42. The second-order valence-corrected chi connectivity index (χ2v) is 5.83. The number of carbonyl (C=O) groups is 1. The number of benzene rings is 2. The van der Waals surface area contributed by atoms with Crippen LogP contribution in [0.5, 0.6) is 0 Å². The van der Waals surface area contributed by atoms with E-state index in [1.165, 1.54) is 0 Å². The van der Waals surface area contributed by atoms with Crippen LogP contribution < -0.4 is 11.1 Å². The molecule has 0 saturated carbocycles. The fraction of sp³-hybridized carbons (Fsp3) is 0.278. The molecule has 0 aliphatic heterocycles. The summed E-state index contributed by atoms with van der Waals surface area (Å²) in [4.78, 5) is 12.3. The largest absolute Gasteiger partial charge is 0.375 e. The van der Waals surface area contributed by atoms with E-state index in [-0.39, 0.29) is 18.1 Å². The first-order valence-corrected chi connectivity index (χ1v) is 7.80. The maximum absolute atomic E-state index is 12.3. The molecular formula is C18H21ClN2O2. The minimum Gasteiger partial charge on any atom is -0.375 e. The summed E-state index contributed by atoms with van der Waals surface area (Å²) in [6, 6.07) is 15.7. The van der Waals surface area contributed by atoms with E-state index in [9.17, 15) is 4.79 Å². The molecule has 0 heterocycles. The standard InChI is InChI=1S/C18H21ClN2O2/c1-12(17(23-2)14-8-10-15(19)11-9-14)21-18(22)16(20)13-6-4-3-5-7-13/h3-12,16-17H,20H2,1-2H3,(H,21,22). The number of nitrogens with two attached hydrogens (primary N) is 1. The Balaban J connectivity index is 2.05. The summed E-state index contributed by atoms with van der Waals surface area (Å²) in [5.74, 6) is -0.236. The van der Waals surface area contributed by atoms with Crippen LogP contribution in [0.25, 0.3) is 0 Å². The third kappa shape index (κ3) is 4.55. The van der Waals surface area contributed by atoms with E-state index >= 15 is 0 Å². The van der Waals surface area contributed by atoms with Gasteiger partial charge in [0.15, 0.2) is 0 Å². The summed E-state index contributed by atoms with van der Waals surface area (Å²) in [5.41, 5.74) is 7.73. The van der Waals surface area contributed by atoms with Crippen molar-refractivity contribution in [2.45, 2.75) is 25.1 Å². The second-order valence-electron chi connectivity index (χ2n) is 5.39. The van der Waals surface area contributed by atoms with Gasteiger partial charge in [-0.25, -0.2) is 0 Å². The number of amides is 1. The van der Waals surface area contributed by atoms with E-state index in [1.54, 1.807) is 19.2 Å². The summed E-state index contributed by atoms with van der Waals surface area (Å²) in [6.45, 7) is 1.89. The van der Waals surface area contributed by atoms with Gasteiger partial charge in [0, 0.05) is 12.1 Å². The molecule has 0 fully saturated rings. The number of hydrogen-bond acceptors (Lipinski definition) is 3. The number of carbonyl (C=O) groups excluding carboxylic acids is 1. The number of nitrogens with one attached hydrogen (secondary N) is 1. The Kier molecular flexibility index (Phi) is 6.16. The van der Waals surface area contributed by atoms with E-state index in [0.717, 1.165) is 11.1 Å². The Morgan fingerprint density at radius 1 is 1.09 bits per heavy atom. The molecule has 0 aliphatic carbocycles. The summed E-state index contributed by atoms with van der Waals surface area (Å²) in [7, 11) is 1.61. The van der Waals surface area contributed by atoms with Gasteiger partial charge < -0.3 is 15.8 Å². The van der Waals surface area contributed by atoms with Crippen molar-refractivity contribution in [3.05, 3.63) is 70.7 Å². The zero-order valence-electron chi connectivity index (χ0n) is 13.2. The number of ether oxygens (including phenoxy) is 1. The van der Waals surface area contributed by atoms with Crippen molar-refractivity contribution >= 4 is 17.5 Å². The lowest BCUT2D eigenvalue weighted by Gasteiger charge is -2.25. The van der Waals surface area contributed by atoms with Gasteiger partial charge in [-0.2, -0.15) is 0 Å². The molecule has 0 spiro atoms. The van der Waals surface area contributed by atoms with Crippen LogP contribution in [0.2, 0.25) is 5.02 Å². The Morgan fingerprint density at radius 2 is 1.70 bits per heavy atom. The van der Waals surface area contributed by atoms with Crippen molar-refractivity contribution in [1.29, 1.82) is 0 Å². The van der Waals surface area contributed by atoms with Gasteiger partial charge in [0.25, 0.3) is 0 Å². The highest BCUT2D eigenvalue weighted by Crippen LogP contribution is 2.23. The Labute approximate surface area is 141 Å². The normalized spacial score (nSPS) is 14.8. The molecule has 4 nitrogen and oxygen atoms in total. The topological polar surface area (TPSA) is 64.3 Å². The van der Waals surface area contributed by atoms with Crippen LogP contribution in [-0.2, 0) is 9.53 Å². The number of methoxy groups -OCH3 is 1. The van der Waals surface area contributed by atoms with E-state index < -0.39 is 6.04 Å². The molecule has 0 bridgehead atoms. The number of rotatable bonds is 6. The van der Waals surface area contributed by atoms with Crippen molar-refractivity contribution in [1.82, 2.24) is 5.32 Å². The van der Waals surface area contributed by atoms with Gasteiger partial charge in [-0.15, -0.1) is 0 Å². The molecule has 0 aliphatic rings. The van der Waals surface area contributed by atoms with Gasteiger partial charge in [-0.3, -0.25) is 4.79 Å². The first kappa shape index (κ1) is 17.5. The second kappa shape index (κ2) is 8.11. The highest BCUT2D eigenvalue weighted by Gasteiger charge is 2.23. The van der Waals surface area contributed by atoms with Gasteiger partial charge >= 0.3 is 0 Å². The van der Waals surface area contributed by atoms with Crippen molar-refractivity contribution in [2.75, 3.05) is 7.11 Å². The molecule has 3 unspecified atom stereocenters. The lowest BCUT2D eigenvalue weighted by Crippen LogP contribution is -2.42. The molecule has 23 heavy (non-hydrogen) atoms. The van der Waals surface area contributed by atoms with Crippen LogP contribution in [0.15, 0.2) is 54.6 Å². The number of hydrogen-bond donors (Lipinski definition) is 2. The fourth-order valence-corrected chi connectivity index (χ4v) is 2.61. The molecule has 0 radical (unpaired) electrons. The predicted molar refractivity (Wildman–Crippen MR) is 92.2 cm³/mol. The van der Waals surface area contributed by atoms with Gasteiger partial charge in [0.1, 0.15) is 12.1 Å². The molecular weight excluding hydrogens is 312 g/mol. The van der Waals surface area contributed by atoms with Crippen molar-refractivity contribution in [3.63, 3.8) is 0 Å². The zero-order chi connectivity index (χ0) is 16.8. The molecule has 3 atom stereocenters. The van der Waals surface area contributed by atoms with Gasteiger partial charge in [-0.1, -0.05) is 54.1 Å². The van der Waals surface area contributed by atoms with Crippen molar-refractivity contribution in [3.8, 4) is 0 Å². The van der Waals surface area contributed by atoms with Crippen LogP contribution in [-0.4, -0.2) is 19.1 Å². The molecule has 2 rings (SSSR count). The van der Waals surface area contributed by atoms with Gasteiger partial charge in [-0.05, 0) is 30.2 Å². The summed E-state index contributed by atoms with van der Waals surface area (Å²) >= 11 is 5.91. The lowest BCUT2D eigenvalue weighted by atomic mass is 10.0. The van der Waals surface area contributed by atoms with Gasteiger partial charge in [0.2, 0.25) is 5.91 Å². The Morgan fingerprint density at radius 3 is 2.26 bits per heavy atom. The zero-order valence-corrected chi connectivity index (χ0v) is 14.0. The Hall–Kier alpha value is -1.88.